The number of amidine groups is 1. The van der Waals surface area contributed by atoms with Gasteiger partial charge in [-0.3, -0.25) is 5.41 Å². The van der Waals surface area contributed by atoms with Crippen LogP contribution in [0.3, 0.4) is 0 Å². The van der Waals surface area contributed by atoms with Crippen LogP contribution in [0, 0.1) is 5.41 Å². The fraction of sp³-hybridized carbons (Fsp3) is 0.562. The van der Waals surface area contributed by atoms with Crippen LogP contribution in [0.1, 0.15) is 56.6 Å². The summed E-state index contributed by atoms with van der Waals surface area (Å²) in [5.74, 6) is 0.110. The molecule has 0 bridgehead atoms. The van der Waals surface area contributed by atoms with Crippen LogP contribution in [0.4, 0.5) is 0 Å². The zero-order chi connectivity index (χ0) is 13.9. The number of benzene rings is 1. The van der Waals surface area contributed by atoms with Crippen molar-refractivity contribution in [3.8, 4) is 0 Å². The highest BCUT2D eigenvalue weighted by Gasteiger charge is 2.03. The normalized spacial score (nSPS) is 10.6. The fourth-order valence-electron chi connectivity index (χ4n) is 2.08. The summed E-state index contributed by atoms with van der Waals surface area (Å²) < 4.78 is 5.66. The third-order valence-corrected chi connectivity index (χ3v) is 3.21. The van der Waals surface area contributed by atoms with Gasteiger partial charge in [0.2, 0.25) is 0 Å². The Bertz CT molecular complexity index is 377. The number of nitrogen functional groups attached to an aromatic ring is 1. The van der Waals surface area contributed by atoms with Crippen LogP contribution >= 0.6 is 0 Å². The number of hydrogen-bond donors (Lipinski definition) is 2. The van der Waals surface area contributed by atoms with Crippen molar-refractivity contribution in [1.82, 2.24) is 0 Å². The lowest BCUT2D eigenvalue weighted by Gasteiger charge is -2.08. The van der Waals surface area contributed by atoms with Gasteiger partial charge in [-0.1, -0.05) is 63.3 Å². The van der Waals surface area contributed by atoms with Gasteiger partial charge in [-0.15, -0.1) is 0 Å². The highest BCUT2D eigenvalue weighted by Crippen LogP contribution is 2.10. The number of hydrogen-bond acceptors (Lipinski definition) is 2. The van der Waals surface area contributed by atoms with E-state index in [2.05, 4.69) is 6.92 Å². The largest absolute Gasteiger partial charge is 0.384 e. The average Bonchev–Trinajstić information content (AvgIpc) is 2.42. The smallest absolute Gasteiger partial charge is 0.123 e. The van der Waals surface area contributed by atoms with E-state index in [1.54, 1.807) is 0 Å². The van der Waals surface area contributed by atoms with E-state index in [-0.39, 0.29) is 5.84 Å². The zero-order valence-corrected chi connectivity index (χ0v) is 12.0. The summed E-state index contributed by atoms with van der Waals surface area (Å²) in [5, 5.41) is 7.51. The molecule has 0 unspecified atom stereocenters. The fourth-order valence-corrected chi connectivity index (χ4v) is 2.08. The lowest BCUT2D eigenvalue weighted by Crippen LogP contribution is -2.14. The molecule has 0 aromatic heterocycles. The minimum Gasteiger partial charge on any atom is -0.384 e. The van der Waals surface area contributed by atoms with Gasteiger partial charge in [0, 0.05) is 12.2 Å². The molecule has 0 aliphatic carbocycles. The van der Waals surface area contributed by atoms with Crippen molar-refractivity contribution in [2.24, 2.45) is 5.73 Å². The van der Waals surface area contributed by atoms with E-state index < -0.39 is 0 Å². The molecule has 0 atom stereocenters. The van der Waals surface area contributed by atoms with E-state index in [1.807, 2.05) is 24.3 Å². The molecule has 0 fully saturated rings. The van der Waals surface area contributed by atoms with Gasteiger partial charge in [-0.25, -0.2) is 0 Å². The van der Waals surface area contributed by atoms with Crippen LogP contribution < -0.4 is 5.73 Å². The SMILES string of the molecule is CCCCCCCCOCc1ccccc1C(=N)N. The van der Waals surface area contributed by atoms with Gasteiger partial charge >= 0.3 is 0 Å². The number of unbranched alkanes of at least 4 members (excludes halogenated alkanes) is 5. The van der Waals surface area contributed by atoms with E-state index in [0.717, 1.165) is 24.2 Å². The van der Waals surface area contributed by atoms with Gasteiger partial charge in [0.05, 0.1) is 6.61 Å². The molecule has 1 rings (SSSR count). The Morgan fingerprint density at radius 1 is 1.11 bits per heavy atom. The molecule has 1 aromatic carbocycles. The molecule has 0 heterocycles. The van der Waals surface area contributed by atoms with Crippen molar-refractivity contribution in [1.29, 1.82) is 5.41 Å². The van der Waals surface area contributed by atoms with E-state index in [9.17, 15) is 0 Å². The van der Waals surface area contributed by atoms with Crippen molar-refractivity contribution in [3.63, 3.8) is 0 Å². The second kappa shape index (κ2) is 9.56. The molecule has 0 saturated carbocycles. The molecule has 0 saturated heterocycles. The maximum Gasteiger partial charge on any atom is 0.123 e. The molecular weight excluding hydrogens is 236 g/mol. The maximum absolute atomic E-state index is 7.51. The third kappa shape index (κ3) is 6.39. The zero-order valence-electron chi connectivity index (χ0n) is 12.0. The van der Waals surface area contributed by atoms with Gasteiger partial charge in [-0.05, 0) is 12.0 Å². The van der Waals surface area contributed by atoms with Crippen molar-refractivity contribution >= 4 is 5.84 Å². The minimum atomic E-state index is 0.110. The topological polar surface area (TPSA) is 59.1 Å². The average molecular weight is 262 g/mol. The number of nitrogens with two attached hydrogens (primary N) is 1. The van der Waals surface area contributed by atoms with Crippen molar-refractivity contribution in [3.05, 3.63) is 35.4 Å². The summed E-state index contributed by atoms with van der Waals surface area (Å²) in [6, 6.07) is 7.69. The van der Waals surface area contributed by atoms with Gasteiger partial charge in [0.15, 0.2) is 0 Å². The molecule has 0 aliphatic rings. The molecule has 1 aromatic rings. The van der Waals surface area contributed by atoms with Gasteiger partial charge in [0.1, 0.15) is 5.84 Å². The maximum atomic E-state index is 7.51. The highest BCUT2D eigenvalue weighted by molar-refractivity contribution is 5.96. The number of rotatable bonds is 10. The van der Waals surface area contributed by atoms with Crippen LogP contribution in [0.15, 0.2) is 24.3 Å². The third-order valence-electron chi connectivity index (χ3n) is 3.21. The molecule has 3 nitrogen and oxygen atoms in total. The molecule has 19 heavy (non-hydrogen) atoms. The first-order chi connectivity index (χ1) is 9.25. The molecule has 3 heteroatoms. The van der Waals surface area contributed by atoms with Crippen LogP contribution in [0.5, 0.6) is 0 Å². The van der Waals surface area contributed by atoms with Crippen molar-refractivity contribution in [2.75, 3.05) is 6.61 Å². The Morgan fingerprint density at radius 3 is 2.53 bits per heavy atom. The number of ether oxygens (including phenoxy) is 1. The summed E-state index contributed by atoms with van der Waals surface area (Å²) in [5.41, 5.74) is 7.32. The molecule has 0 spiro atoms. The molecule has 0 aliphatic heterocycles. The summed E-state index contributed by atoms with van der Waals surface area (Å²) in [6.07, 6.45) is 7.64. The van der Waals surface area contributed by atoms with Crippen molar-refractivity contribution in [2.45, 2.75) is 52.1 Å². The quantitative estimate of drug-likeness (QED) is 0.382. The Labute approximate surface area is 116 Å². The first-order valence-corrected chi connectivity index (χ1v) is 7.25. The van der Waals surface area contributed by atoms with E-state index >= 15 is 0 Å². The van der Waals surface area contributed by atoms with Gasteiger partial charge < -0.3 is 10.5 Å². The molecule has 106 valence electrons. The first kappa shape index (κ1) is 15.7. The van der Waals surface area contributed by atoms with Crippen LogP contribution in [-0.2, 0) is 11.3 Å². The van der Waals surface area contributed by atoms with Crippen LogP contribution in [-0.4, -0.2) is 12.4 Å². The Morgan fingerprint density at radius 2 is 1.79 bits per heavy atom. The Balaban J connectivity index is 2.17. The summed E-state index contributed by atoms with van der Waals surface area (Å²) in [4.78, 5) is 0. The van der Waals surface area contributed by atoms with E-state index in [1.165, 1.54) is 32.1 Å². The van der Waals surface area contributed by atoms with E-state index in [0.29, 0.717) is 6.61 Å². The predicted octanol–water partition coefficient (Wildman–Crippen LogP) is 3.85. The minimum absolute atomic E-state index is 0.110. The Kier molecular flexibility index (Phi) is 7.91. The Hall–Kier alpha value is -1.35. The van der Waals surface area contributed by atoms with Crippen LogP contribution in [0.25, 0.3) is 0 Å². The highest BCUT2D eigenvalue weighted by atomic mass is 16.5. The second-order valence-corrected chi connectivity index (χ2v) is 4.89. The monoisotopic (exact) mass is 262 g/mol. The van der Waals surface area contributed by atoms with Gasteiger partial charge in [-0.2, -0.15) is 0 Å². The van der Waals surface area contributed by atoms with Crippen LogP contribution in [0.2, 0.25) is 0 Å². The van der Waals surface area contributed by atoms with E-state index in [4.69, 9.17) is 15.9 Å². The number of nitrogens with one attached hydrogen (secondary N) is 1. The first-order valence-electron chi connectivity index (χ1n) is 7.25. The summed E-state index contributed by atoms with van der Waals surface area (Å²) in [6.45, 7) is 3.57. The molecular formula is C16H26N2O. The summed E-state index contributed by atoms with van der Waals surface area (Å²) >= 11 is 0. The lowest BCUT2D eigenvalue weighted by atomic mass is 10.1. The second-order valence-electron chi connectivity index (χ2n) is 4.89. The molecule has 3 N–H and O–H groups in total. The molecule has 0 radical (unpaired) electrons. The van der Waals surface area contributed by atoms with Gasteiger partial charge in [0.25, 0.3) is 0 Å². The lowest BCUT2D eigenvalue weighted by molar-refractivity contribution is 0.116. The predicted molar refractivity (Wildman–Crippen MR) is 80.5 cm³/mol. The van der Waals surface area contributed by atoms with Crippen molar-refractivity contribution < 1.29 is 4.74 Å². The summed E-state index contributed by atoms with van der Waals surface area (Å²) in [7, 11) is 0. The standard InChI is InChI=1S/C16H26N2O/c1-2-3-4-5-6-9-12-19-13-14-10-7-8-11-15(14)16(17)18/h7-8,10-11H,2-6,9,12-13H2,1H3,(H3,17,18). The molecule has 0 amide bonds.